The van der Waals surface area contributed by atoms with Gasteiger partial charge in [0.2, 0.25) is 0 Å². The van der Waals surface area contributed by atoms with Gasteiger partial charge in [-0.3, -0.25) is 4.98 Å². The number of aryl methyl sites for hydroxylation is 1. The third-order valence-corrected chi connectivity index (χ3v) is 2.58. The molecular weight excluding hydrogens is 170 g/mol. The van der Waals surface area contributed by atoms with Gasteiger partial charge in [0.15, 0.2) is 0 Å². The van der Waals surface area contributed by atoms with Crippen molar-refractivity contribution in [3.05, 3.63) is 29.6 Å². The van der Waals surface area contributed by atoms with E-state index in [1.165, 1.54) is 18.4 Å². The number of rotatable bonds is 4. The van der Waals surface area contributed by atoms with Crippen molar-refractivity contribution in [2.45, 2.75) is 47.0 Å². The standard InChI is InChI=1S/C13H21N/c1-5-8-13(3,4)9-12-7-6-11(2)14-10-12/h6-7,10H,5,8-9H2,1-4H3. The van der Waals surface area contributed by atoms with Gasteiger partial charge in [0.05, 0.1) is 0 Å². The Bertz CT molecular complexity index is 272. The molecule has 0 aliphatic carbocycles. The predicted molar refractivity (Wildman–Crippen MR) is 61.4 cm³/mol. The molecule has 1 aromatic rings. The average Bonchev–Trinajstić information content (AvgIpc) is 2.08. The molecular formula is C13H21N. The van der Waals surface area contributed by atoms with Crippen LogP contribution in [0.5, 0.6) is 0 Å². The summed E-state index contributed by atoms with van der Waals surface area (Å²) in [5.74, 6) is 0. The summed E-state index contributed by atoms with van der Waals surface area (Å²) < 4.78 is 0. The minimum absolute atomic E-state index is 0.408. The Hall–Kier alpha value is -0.850. The van der Waals surface area contributed by atoms with Crippen LogP contribution in [-0.2, 0) is 6.42 Å². The highest BCUT2D eigenvalue weighted by Crippen LogP contribution is 2.26. The van der Waals surface area contributed by atoms with E-state index in [0.717, 1.165) is 12.1 Å². The van der Waals surface area contributed by atoms with Gasteiger partial charge in [-0.1, -0.05) is 33.3 Å². The number of pyridine rings is 1. The van der Waals surface area contributed by atoms with Crippen LogP contribution in [0, 0.1) is 12.3 Å². The van der Waals surface area contributed by atoms with Gasteiger partial charge in [0.1, 0.15) is 0 Å². The lowest BCUT2D eigenvalue weighted by molar-refractivity contribution is 0.328. The van der Waals surface area contributed by atoms with Crippen LogP contribution in [0.2, 0.25) is 0 Å². The lowest BCUT2D eigenvalue weighted by atomic mass is 9.82. The zero-order valence-corrected chi connectivity index (χ0v) is 9.80. The number of hydrogen-bond acceptors (Lipinski definition) is 1. The third kappa shape index (κ3) is 3.49. The summed E-state index contributed by atoms with van der Waals surface area (Å²) in [4.78, 5) is 4.32. The molecule has 0 spiro atoms. The smallest absolute Gasteiger partial charge is 0.0372 e. The molecule has 1 nitrogen and oxygen atoms in total. The second-order valence-corrected chi connectivity index (χ2v) is 4.90. The topological polar surface area (TPSA) is 12.9 Å². The number of nitrogens with zero attached hydrogens (tertiary/aromatic N) is 1. The van der Waals surface area contributed by atoms with Crippen LogP contribution in [0.3, 0.4) is 0 Å². The normalized spacial score (nSPS) is 11.7. The molecule has 0 fully saturated rings. The minimum Gasteiger partial charge on any atom is -0.261 e. The molecule has 0 aliphatic heterocycles. The summed E-state index contributed by atoms with van der Waals surface area (Å²) in [6.07, 6.45) is 5.67. The maximum atomic E-state index is 4.32. The first-order valence-corrected chi connectivity index (χ1v) is 5.45. The fraction of sp³-hybridized carbons (Fsp3) is 0.615. The summed E-state index contributed by atoms with van der Waals surface area (Å²) in [7, 11) is 0. The van der Waals surface area contributed by atoms with Gasteiger partial charge in [-0.25, -0.2) is 0 Å². The van der Waals surface area contributed by atoms with Crippen LogP contribution >= 0.6 is 0 Å². The molecule has 0 amide bonds. The zero-order valence-electron chi connectivity index (χ0n) is 9.80. The van der Waals surface area contributed by atoms with E-state index in [0.29, 0.717) is 5.41 Å². The molecule has 0 bridgehead atoms. The van der Waals surface area contributed by atoms with Crippen molar-refractivity contribution >= 4 is 0 Å². The largest absolute Gasteiger partial charge is 0.261 e. The number of aromatic nitrogens is 1. The van der Waals surface area contributed by atoms with E-state index < -0.39 is 0 Å². The highest BCUT2D eigenvalue weighted by atomic mass is 14.7. The van der Waals surface area contributed by atoms with Gasteiger partial charge < -0.3 is 0 Å². The Labute approximate surface area is 87.6 Å². The van der Waals surface area contributed by atoms with E-state index in [4.69, 9.17) is 0 Å². The first kappa shape index (κ1) is 11.2. The SMILES string of the molecule is CCCC(C)(C)Cc1ccc(C)nc1. The van der Waals surface area contributed by atoms with Crippen LogP contribution in [0.1, 0.15) is 44.9 Å². The van der Waals surface area contributed by atoms with E-state index in [-0.39, 0.29) is 0 Å². The molecule has 0 unspecified atom stereocenters. The van der Waals surface area contributed by atoms with Gasteiger partial charge in [-0.15, -0.1) is 0 Å². The molecule has 0 radical (unpaired) electrons. The molecule has 0 saturated carbocycles. The Morgan fingerprint density at radius 2 is 2.00 bits per heavy atom. The van der Waals surface area contributed by atoms with Gasteiger partial charge in [0.25, 0.3) is 0 Å². The molecule has 0 N–H and O–H groups in total. The first-order valence-electron chi connectivity index (χ1n) is 5.45. The van der Waals surface area contributed by atoms with E-state index in [2.05, 4.69) is 37.9 Å². The molecule has 78 valence electrons. The minimum atomic E-state index is 0.408. The Balaban J connectivity index is 2.64. The zero-order chi connectivity index (χ0) is 10.6. The maximum absolute atomic E-state index is 4.32. The van der Waals surface area contributed by atoms with Crippen LogP contribution < -0.4 is 0 Å². The quantitative estimate of drug-likeness (QED) is 0.706. The van der Waals surface area contributed by atoms with Gasteiger partial charge in [0, 0.05) is 11.9 Å². The highest BCUT2D eigenvalue weighted by molar-refractivity contribution is 5.14. The van der Waals surface area contributed by atoms with Gasteiger partial charge in [-0.2, -0.15) is 0 Å². The lowest BCUT2D eigenvalue weighted by Gasteiger charge is -2.23. The van der Waals surface area contributed by atoms with Crippen molar-refractivity contribution in [1.29, 1.82) is 0 Å². The van der Waals surface area contributed by atoms with E-state index in [1.807, 2.05) is 13.1 Å². The lowest BCUT2D eigenvalue weighted by Crippen LogP contribution is -2.14. The number of hydrogen-bond donors (Lipinski definition) is 0. The highest BCUT2D eigenvalue weighted by Gasteiger charge is 2.16. The molecule has 0 aromatic carbocycles. The molecule has 14 heavy (non-hydrogen) atoms. The fourth-order valence-corrected chi connectivity index (χ4v) is 1.92. The predicted octanol–water partition coefficient (Wildman–Crippen LogP) is 3.76. The average molecular weight is 191 g/mol. The molecule has 1 heterocycles. The molecule has 0 saturated heterocycles. The van der Waals surface area contributed by atoms with E-state index in [1.54, 1.807) is 0 Å². The third-order valence-electron chi connectivity index (χ3n) is 2.58. The van der Waals surface area contributed by atoms with E-state index >= 15 is 0 Å². The van der Waals surface area contributed by atoms with Crippen molar-refractivity contribution in [2.75, 3.05) is 0 Å². The van der Waals surface area contributed by atoms with Crippen LogP contribution in [-0.4, -0.2) is 4.98 Å². The first-order chi connectivity index (χ1) is 6.53. The van der Waals surface area contributed by atoms with E-state index in [9.17, 15) is 0 Å². The van der Waals surface area contributed by atoms with Crippen LogP contribution in [0.25, 0.3) is 0 Å². The molecule has 0 atom stereocenters. The van der Waals surface area contributed by atoms with Crippen molar-refractivity contribution in [3.8, 4) is 0 Å². The second kappa shape index (κ2) is 4.59. The van der Waals surface area contributed by atoms with Crippen LogP contribution in [0.4, 0.5) is 0 Å². The van der Waals surface area contributed by atoms with Crippen LogP contribution in [0.15, 0.2) is 18.3 Å². The molecule has 1 heteroatoms. The summed E-state index contributed by atoms with van der Waals surface area (Å²) in [6, 6.07) is 4.29. The summed E-state index contributed by atoms with van der Waals surface area (Å²) in [5.41, 5.74) is 2.86. The van der Waals surface area contributed by atoms with Crippen molar-refractivity contribution in [2.24, 2.45) is 5.41 Å². The molecule has 1 aromatic heterocycles. The van der Waals surface area contributed by atoms with Gasteiger partial charge >= 0.3 is 0 Å². The Morgan fingerprint density at radius 3 is 2.50 bits per heavy atom. The second-order valence-electron chi connectivity index (χ2n) is 4.90. The monoisotopic (exact) mass is 191 g/mol. The summed E-state index contributed by atoms with van der Waals surface area (Å²) in [6.45, 7) is 8.93. The maximum Gasteiger partial charge on any atom is 0.0372 e. The molecule has 1 rings (SSSR count). The summed E-state index contributed by atoms with van der Waals surface area (Å²) >= 11 is 0. The fourth-order valence-electron chi connectivity index (χ4n) is 1.92. The Kier molecular flexibility index (Phi) is 3.68. The molecule has 0 aliphatic rings. The van der Waals surface area contributed by atoms with Crippen molar-refractivity contribution in [1.82, 2.24) is 4.98 Å². The van der Waals surface area contributed by atoms with Crippen molar-refractivity contribution in [3.63, 3.8) is 0 Å². The van der Waals surface area contributed by atoms with Crippen molar-refractivity contribution < 1.29 is 0 Å². The van der Waals surface area contributed by atoms with Gasteiger partial charge in [-0.05, 0) is 36.8 Å². The summed E-state index contributed by atoms with van der Waals surface area (Å²) in [5, 5.41) is 0. The Morgan fingerprint density at radius 1 is 1.29 bits per heavy atom.